The minimum atomic E-state index is -4.76. The van der Waals surface area contributed by atoms with Gasteiger partial charge in [0.2, 0.25) is 0 Å². The maximum absolute atomic E-state index is 14.5. The van der Waals surface area contributed by atoms with Crippen LogP contribution in [0.5, 0.6) is 5.75 Å². The Balaban J connectivity index is 2.12. The second-order valence-electron chi connectivity index (χ2n) is 9.71. The summed E-state index contributed by atoms with van der Waals surface area (Å²) in [6, 6.07) is 9.39. The van der Waals surface area contributed by atoms with E-state index in [9.17, 15) is 18.0 Å². The van der Waals surface area contributed by atoms with Crippen molar-refractivity contribution in [2.24, 2.45) is 0 Å². The molecule has 36 heavy (non-hydrogen) atoms. The van der Waals surface area contributed by atoms with E-state index in [0.29, 0.717) is 23.6 Å². The molecule has 1 aliphatic heterocycles. The number of aryl methyl sites for hydroxylation is 2. The van der Waals surface area contributed by atoms with E-state index in [4.69, 9.17) is 14.2 Å². The quantitative estimate of drug-likeness (QED) is 0.388. The first-order valence-electron chi connectivity index (χ1n) is 11.7. The third kappa shape index (κ3) is 5.11. The van der Waals surface area contributed by atoms with Gasteiger partial charge >= 0.3 is 12.1 Å². The first-order chi connectivity index (χ1) is 16.9. The number of aromatic nitrogens is 2. The Morgan fingerprint density at radius 1 is 1.14 bits per heavy atom. The number of hydrogen-bond acceptors (Lipinski definition) is 5. The summed E-state index contributed by atoms with van der Waals surface area (Å²) in [6.07, 6.45) is -3.29. The third-order valence-corrected chi connectivity index (χ3v) is 5.94. The largest absolute Gasteiger partial charge is 0.493 e. The Bertz CT molecular complexity index is 1270. The molecule has 1 atom stereocenters. The van der Waals surface area contributed by atoms with Gasteiger partial charge in [0, 0.05) is 23.0 Å². The number of alkyl halides is 3. The topological polar surface area (TPSA) is 62.6 Å². The minimum Gasteiger partial charge on any atom is -0.493 e. The molecule has 192 valence electrons. The summed E-state index contributed by atoms with van der Waals surface area (Å²) in [4.78, 5) is 13.0. The van der Waals surface area contributed by atoms with Crippen LogP contribution in [0.25, 0.3) is 16.8 Å². The Morgan fingerprint density at radius 3 is 2.50 bits per heavy atom. The van der Waals surface area contributed by atoms with Crippen LogP contribution in [-0.4, -0.2) is 35.1 Å². The molecular weight excluding hydrogens is 473 g/mol. The first kappa shape index (κ1) is 25.8. The maximum atomic E-state index is 14.5. The van der Waals surface area contributed by atoms with Crippen LogP contribution in [0.15, 0.2) is 42.6 Å². The van der Waals surface area contributed by atoms with Crippen LogP contribution in [0.2, 0.25) is 0 Å². The van der Waals surface area contributed by atoms with Crippen LogP contribution in [0.3, 0.4) is 0 Å². The van der Waals surface area contributed by atoms with Crippen LogP contribution in [-0.2, 0) is 26.9 Å². The van der Waals surface area contributed by atoms with Gasteiger partial charge in [-0.2, -0.15) is 18.3 Å². The zero-order valence-corrected chi connectivity index (χ0v) is 20.9. The Morgan fingerprint density at radius 2 is 1.89 bits per heavy atom. The van der Waals surface area contributed by atoms with Crippen molar-refractivity contribution in [3.63, 3.8) is 0 Å². The molecule has 4 rings (SSSR count). The van der Waals surface area contributed by atoms with Gasteiger partial charge in [-0.25, -0.2) is 9.48 Å². The number of fused-ring (bicyclic) bond motifs is 1. The highest BCUT2D eigenvalue weighted by atomic mass is 19.4. The number of esters is 1. The van der Waals surface area contributed by atoms with Gasteiger partial charge in [0.1, 0.15) is 5.75 Å². The van der Waals surface area contributed by atoms with E-state index in [-0.39, 0.29) is 11.1 Å². The molecule has 0 N–H and O–H groups in total. The molecule has 0 spiro atoms. The molecule has 0 bridgehead atoms. The summed E-state index contributed by atoms with van der Waals surface area (Å²) in [7, 11) is 1.13. The predicted molar refractivity (Wildman–Crippen MR) is 128 cm³/mol. The van der Waals surface area contributed by atoms with Gasteiger partial charge in [-0.3, -0.25) is 0 Å². The third-order valence-electron chi connectivity index (χ3n) is 5.94. The molecule has 1 unspecified atom stereocenters. The number of halogens is 3. The van der Waals surface area contributed by atoms with Gasteiger partial charge in [-0.15, -0.1) is 0 Å². The molecule has 6 nitrogen and oxygen atoms in total. The van der Waals surface area contributed by atoms with Crippen molar-refractivity contribution in [1.82, 2.24) is 9.78 Å². The van der Waals surface area contributed by atoms with Crippen LogP contribution in [0, 0.1) is 6.92 Å². The first-order valence-corrected chi connectivity index (χ1v) is 11.7. The van der Waals surface area contributed by atoms with E-state index in [2.05, 4.69) is 5.10 Å². The summed E-state index contributed by atoms with van der Waals surface area (Å²) < 4.78 is 61.6. The summed E-state index contributed by atoms with van der Waals surface area (Å²) in [5.74, 6) is -0.224. The highest BCUT2D eigenvalue weighted by Gasteiger charge is 2.42. The molecular formula is C27H29F3N2O4. The summed E-state index contributed by atoms with van der Waals surface area (Å²) in [6.45, 7) is 7.41. The fourth-order valence-electron chi connectivity index (χ4n) is 4.43. The normalized spacial score (nSPS) is 14.7. The molecule has 0 saturated carbocycles. The molecule has 1 aromatic heterocycles. The van der Waals surface area contributed by atoms with Crippen molar-refractivity contribution >= 4 is 5.97 Å². The van der Waals surface area contributed by atoms with Gasteiger partial charge in [-0.1, -0.05) is 6.07 Å². The fourth-order valence-corrected chi connectivity index (χ4v) is 4.43. The molecule has 1 aliphatic rings. The molecule has 0 saturated heterocycles. The Labute approximate surface area is 208 Å². The number of rotatable bonds is 5. The number of nitrogens with zero attached hydrogens (tertiary/aromatic N) is 2. The SMILES string of the molecule is COC(=O)C(OC(C)(C)C)c1c(C(F)(F)F)ccc(-n2nccc2C)c1-c1ccc2c(c1)CCCO2. The summed E-state index contributed by atoms with van der Waals surface area (Å²) in [5.41, 5.74) is 0.462. The number of carbonyl (C=O) groups is 1. The predicted octanol–water partition coefficient (Wildman–Crippen LogP) is 6.22. The number of ether oxygens (including phenoxy) is 3. The lowest BCUT2D eigenvalue weighted by molar-refractivity contribution is -0.166. The van der Waals surface area contributed by atoms with Gasteiger partial charge in [0.15, 0.2) is 6.10 Å². The van der Waals surface area contributed by atoms with Crippen molar-refractivity contribution in [2.75, 3.05) is 13.7 Å². The lowest BCUT2D eigenvalue weighted by atomic mass is 9.88. The standard InChI is InChI=1S/C27H29F3N2O4/c1-16-12-13-31-32(16)20-10-9-19(27(28,29)30)23(24(25(33)34-5)36-26(2,3)4)22(20)18-8-11-21-17(15-18)7-6-14-35-21/h8-13,15,24H,6-7,14H2,1-5H3. The van der Waals surface area contributed by atoms with Crippen molar-refractivity contribution in [3.8, 4) is 22.6 Å². The molecule has 2 aromatic carbocycles. The van der Waals surface area contributed by atoms with Crippen molar-refractivity contribution < 1.29 is 32.2 Å². The minimum absolute atomic E-state index is 0.199. The van der Waals surface area contributed by atoms with Gasteiger partial charge in [0.05, 0.1) is 30.6 Å². The zero-order valence-electron chi connectivity index (χ0n) is 20.9. The monoisotopic (exact) mass is 502 g/mol. The maximum Gasteiger partial charge on any atom is 0.416 e. The second kappa shape index (κ2) is 9.61. The molecule has 9 heteroatoms. The van der Waals surface area contributed by atoms with E-state index in [0.717, 1.165) is 37.3 Å². The van der Waals surface area contributed by atoms with Crippen LogP contribution in [0.4, 0.5) is 13.2 Å². The van der Waals surface area contributed by atoms with E-state index in [1.807, 2.05) is 6.07 Å². The molecule has 3 aromatic rings. The highest BCUT2D eigenvalue weighted by molar-refractivity contribution is 5.86. The Hall–Kier alpha value is -3.33. The molecule has 0 radical (unpaired) electrons. The highest BCUT2D eigenvalue weighted by Crippen LogP contribution is 2.46. The number of hydrogen-bond donors (Lipinski definition) is 0. The van der Waals surface area contributed by atoms with E-state index in [1.54, 1.807) is 56.8 Å². The average molecular weight is 503 g/mol. The molecule has 0 fully saturated rings. The number of carbonyl (C=O) groups excluding carboxylic acids is 1. The number of benzene rings is 2. The number of methoxy groups -OCH3 is 1. The fraction of sp³-hybridized carbons (Fsp3) is 0.407. The smallest absolute Gasteiger partial charge is 0.416 e. The second-order valence-corrected chi connectivity index (χ2v) is 9.71. The molecule has 0 aliphatic carbocycles. The zero-order chi connectivity index (χ0) is 26.3. The van der Waals surface area contributed by atoms with Gasteiger partial charge in [0.25, 0.3) is 0 Å². The van der Waals surface area contributed by atoms with E-state index < -0.39 is 29.4 Å². The molecule has 0 amide bonds. The van der Waals surface area contributed by atoms with Crippen molar-refractivity contribution in [1.29, 1.82) is 0 Å². The Kier molecular flexibility index (Phi) is 6.88. The summed E-state index contributed by atoms with van der Waals surface area (Å²) in [5, 5.41) is 4.35. The molecule has 2 heterocycles. The summed E-state index contributed by atoms with van der Waals surface area (Å²) >= 11 is 0. The average Bonchev–Trinajstić information content (AvgIpc) is 3.25. The van der Waals surface area contributed by atoms with Gasteiger partial charge < -0.3 is 14.2 Å². The van der Waals surface area contributed by atoms with Crippen LogP contribution >= 0.6 is 0 Å². The lowest BCUT2D eigenvalue weighted by Crippen LogP contribution is -2.30. The van der Waals surface area contributed by atoms with Crippen molar-refractivity contribution in [3.05, 3.63) is 65.0 Å². The van der Waals surface area contributed by atoms with Crippen LogP contribution in [0.1, 0.15) is 55.7 Å². The van der Waals surface area contributed by atoms with Crippen LogP contribution < -0.4 is 4.74 Å². The van der Waals surface area contributed by atoms with E-state index in [1.165, 1.54) is 6.07 Å². The lowest BCUT2D eigenvalue weighted by Gasteiger charge is -2.31. The van der Waals surface area contributed by atoms with Gasteiger partial charge in [-0.05, 0) is 82.0 Å². The van der Waals surface area contributed by atoms with Crippen molar-refractivity contribution in [2.45, 2.75) is 58.4 Å². The van der Waals surface area contributed by atoms with E-state index >= 15 is 0 Å².